The number of benzene rings is 1. The van der Waals surface area contributed by atoms with Crippen molar-refractivity contribution in [2.24, 2.45) is 0 Å². The van der Waals surface area contributed by atoms with E-state index in [0.29, 0.717) is 9.35 Å². The Kier molecular flexibility index (Phi) is 3.42. The monoisotopic (exact) mass is 318 g/mol. The zero-order valence-electron chi connectivity index (χ0n) is 7.84. The fraction of sp³-hybridized carbons (Fsp3) is 0. The van der Waals surface area contributed by atoms with Crippen LogP contribution in [0.2, 0.25) is 5.02 Å². The third kappa shape index (κ3) is 2.05. The average molecular weight is 320 g/mol. The molecule has 5 heteroatoms. The summed E-state index contributed by atoms with van der Waals surface area (Å²) in [5, 5.41) is 1.72. The van der Waals surface area contributed by atoms with E-state index in [2.05, 4.69) is 15.9 Å². The van der Waals surface area contributed by atoms with Crippen LogP contribution in [0.1, 0.15) is 15.2 Å². The van der Waals surface area contributed by atoms with Crippen LogP contribution in [0.4, 0.5) is 4.39 Å². The minimum atomic E-state index is -0.672. The van der Waals surface area contributed by atoms with Crippen LogP contribution >= 0.6 is 38.9 Å². The molecule has 0 fully saturated rings. The number of ketones is 1. The van der Waals surface area contributed by atoms with Crippen LogP contribution < -0.4 is 0 Å². The Balaban J connectivity index is 2.50. The van der Waals surface area contributed by atoms with E-state index >= 15 is 0 Å². The summed E-state index contributed by atoms with van der Waals surface area (Å²) in [4.78, 5) is 12.5. The van der Waals surface area contributed by atoms with E-state index in [9.17, 15) is 9.18 Å². The summed E-state index contributed by atoms with van der Waals surface area (Å²) in [5.74, 6) is -1.03. The lowest BCUT2D eigenvalue weighted by molar-refractivity contribution is 0.103. The van der Waals surface area contributed by atoms with Crippen molar-refractivity contribution < 1.29 is 9.18 Å². The van der Waals surface area contributed by atoms with Crippen molar-refractivity contribution in [1.82, 2.24) is 0 Å². The maximum atomic E-state index is 13.6. The van der Waals surface area contributed by atoms with Crippen molar-refractivity contribution in [3.63, 3.8) is 0 Å². The Morgan fingerprint density at radius 2 is 2.12 bits per heavy atom. The maximum Gasteiger partial charge on any atom is 0.207 e. The van der Waals surface area contributed by atoms with E-state index in [-0.39, 0.29) is 16.4 Å². The first kappa shape index (κ1) is 11.8. The summed E-state index contributed by atoms with van der Waals surface area (Å²) in [6.07, 6.45) is 0. The standard InChI is InChI=1S/C11H5BrClFOS/c12-7-4-5-16-11(7)10(15)6-2-1-3-8(13)9(6)14/h1-5H. The van der Waals surface area contributed by atoms with Crippen molar-refractivity contribution in [2.45, 2.75) is 0 Å². The highest BCUT2D eigenvalue weighted by atomic mass is 79.9. The third-order valence-electron chi connectivity index (χ3n) is 2.02. The van der Waals surface area contributed by atoms with Crippen LogP contribution in [0.25, 0.3) is 0 Å². The van der Waals surface area contributed by atoms with Crippen molar-refractivity contribution in [3.05, 3.63) is 55.4 Å². The van der Waals surface area contributed by atoms with Crippen LogP contribution in [0.5, 0.6) is 0 Å². The fourth-order valence-electron chi connectivity index (χ4n) is 1.26. The normalized spacial score (nSPS) is 10.4. The van der Waals surface area contributed by atoms with Gasteiger partial charge in [0.1, 0.15) is 0 Å². The highest BCUT2D eigenvalue weighted by Gasteiger charge is 2.18. The number of carbonyl (C=O) groups is 1. The third-order valence-corrected chi connectivity index (χ3v) is 4.15. The van der Waals surface area contributed by atoms with Crippen molar-refractivity contribution in [1.29, 1.82) is 0 Å². The molecule has 82 valence electrons. The molecule has 0 aliphatic rings. The van der Waals surface area contributed by atoms with Crippen LogP contribution in [-0.2, 0) is 0 Å². The quantitative estimate of drug-likeness (QED) is 0.743. The predicted octanol–water partition coefficient (Wildman–Crippen LogP) is 4.53. The minimum Gasteiger partial charge on any atom is -0.288 e. The summed E-state index contributed by atoms with van der Waals surface area (Å²) >= 11 is 10.1. The zero-order valence-corrected chi connectivity index (χ0v) is 11.0. The topological polar surface area (TPSA) is 17.1 Å². The molecule has 0 spiro atoms. The summed E-state index contributed by atoms with van der Waals surface area (Å²) < 4.78 is 14.3. The molecule has 0 unspecified atom stereocenters. The molecule has 0 saturated carbocycles. The Morgan fingerprint density at radius 1 is 1.38 bits per heavy atom. The second kappa shape index (κ2) is 4.65. The molecule has 2 aromatic rings. The van der Waals surface area contributed by atoms with Gasteiger partial charge in [-0.25, -0.2) is 4.39 Å². The molecule has 1 heterocycles. The van der Waals surface area contributed by atoms with E-state index in [0.717, 1.165) is 0 Å². The second-order valence-electron chi connectivity index (χ2n) is 3.03. The van der Waals surface area contributed by atoms with Gasteiger partial charge in [0.05, 0.1) is 15.5 Å². The number of thiophene rings is 1. The Hall–Kier alpha value is -0.710. The van der Waals surface area contributed by atoms with E-state index in [4.69, 9.17) is 11.6 Å². The highest BCUT2D eigenvalue weighted by Crippen LogP contribution is 2.27. The maximum absolute atomic E-state index is 13.6. The summed E-state index contributed by atoms with van der Waals surface area (Å²) in [5.41, 5.74) is -0.00403. The van der Waals surface area contributed by atoms with E-state index in [1.165, 1.54) is 23.5 Å². The Bertz CT molecular complexity index is 553. The summed E-state index contributed by atoms with van der Waals surface area (Å²) in [6.45, 7) is 0. The molecule has 0 atom stereocenters. The zero-order chi connectivity index (χ0) is 11.7. The molecule has 0 bridgehead atoms. The molecule has 16 heavy (non-hydrogen) atoms. The van der Waals surface area contributed by atoms with Crippen molar-refractivity contribution in [2.75, 3.05) is 0 Å². The van der Waals surface area contributed by atoms with Gasteiger partial charge in [0.15, 0.2) is 5.82 Å². The highest BCUT2D eigenvalue weighted by molar-refractivity contribution is 9.10. The molecule has 1 aromatic carbocycles. The van der Waals surface area contributed by atoms with Gasteiger partial charge in [-0.2, -0.15) is 0 Å². The van der Waals surface area contributed by atoms with Crippen LogP contribution in [0, 0.1) is 5.82 Å². The van der Waals surface area contributed by atoms with Crippen molar-refractivity contribution >= 4 is 44.7 Å². The molecule has 1 nitrogen and oxygen atoms in total. The van der Waals surface area contributed by atoms with E-state index in [1.807, 2.05) is 0 Å². The second-order valence-corrected chi connectivity index (χ2v) is 5.21. The number of hydrogen-bond donors (Lipinski definition) is 0. The molecule has 2 rings (SSSR count). The number of halogens is 3. The van der Waals surface area contributed by atoms with Gasteiger partial charge in [0.2, 0.25) is 5.78 Å². The lowest BCUT2D eigenvalue weighted by atomic mass is 10.1. The van der Waals surface area contributed by atoms with Gasteiger partial charge in [-0.15, -0.1) is 11.3 Å². The molecule has 0 aliphatic heterocycles. The first-order valence-corrected chi connectivity index (χ1v) is 6.38. The van der Waals surface area contributed by atoms with Crippen LogP contribution in [0.15, 0.2) is 34.1 Å². The summed E-state index contributed by atoms with van der Waals surface area (Å²) in [6, 6.07) is 6.15. The molecule has 1 aromatic heterocycles. The first-order valence-electron chi connectivity index (χ1n) is 4.33. The minimum absolute atomic E-state index is 0.00403. The predicted molar refractivity (Wildman–Crippen MR) is 66.9 cm³/mol. The molecule has 0 N–H and O–H groups in total. The van der Waals surface area contributed by atoms with Gasteiger partial charge in [-0.3, -0.25) is 4.79 Å². The molecular formula is C11H5BrClFOS. The van der Waals surface area contributed by atoms with Crippen LogP contribution in [0.3, 0.4) is 0 Å². The average Bonchev–Trinajstić information content (AvgIpc) is 2.68. The Morgan fingerprint density at radius 3 is 2.75 bits per heavy atom. The molecule has 0 saturated heterocycles. The Labute approximate surface area is 109 Å². The van der Waals surface area contributed by atoms with Gasteiger partial charge in [0.25, 0.3) is 0 Å². The van der Waals surface area contributed by atoms with Gasteiger partial charge in [-0.05, 0) is 39.5 Å². The van der Waals surface area contributed by atoms with Crippen molar-refractivity contribution in [3.8, 4) is 0 Å². The first-order chi connectivity index (χ1) is 7.61. The number of rotatable bonds is 2. The molecule has 0 radical (unpaired) electrons. The fourth-order valence-corrected chi connectivity index (χ4v) is 2.94. The number of hydrogen-bond acceptors (Lipinski definition) is 2. The smallest absolute Gasteiger partial charge is 0.207 e. The van der Waals surface area contributed by atoms with Gasteiger partial charge >= 0.3 is 0 Å². The van der Waals surface area contributed by atoms with E-state index < -0.39 is 5.82 Å². The molecule has 0 aliphatic carbocycles. The SMILES string of the molecule is O=C(c1cccc(Cl)c1F)c1sccc1Br. The largest absolute Gasteiger partial charge is 0.288 e. The summed E-state index contributed by atoms with van der Waals surface area (Å²) in [7, 11) is 0. The molecule has 0 amide bonds. The van der Waals surface area contributed by atoms with Crippen LogP contribution in [-0.4, -0.2) is 5.78 Å². The van der Waals surface area contributed by atoms with E-state index in [1.54, 1.807) is 17.5 Å². The lowest BCUT2D eigenvalue weighted by Gasteiger charge is -2.02. The van der Waals surface area contributed by atoms with Gasteiger partial charge in [0, 0.05) is 4.47 Å². The van der Waals surface area contributed by atoms with Gasteiger partial charge in [-0.1, -0.05) is 17.7 Å². The molecular weight excluding hydrogens is 315 g/mol. The lowest BCUT2D eigenvalue weighted by Crippen LogP contribution is -2.03. The number of carbonyl (C=O) groups excluding carboxylic acids is 1. The van der Waals surface area contributed by atoms with Gasteiger partial charge < -0.3 is 0 Å².